The van der Waals surface area contributed by atoms with Gasteiger partial charge < -0.3 is 5.11 Å². The Labute approximate surface area is 111 Å². The first-order chi connectivity index (χ1) is 9.29. The van der Waals surface area contributed by atoms with Gasteiger partial charge >= 0.3 is 11.9 Å². The van der Waals surface area contributed by atoms with E-state index in [9.17, 15) is 23.1 Å². The molecular weight excluding hydrogens is 275 g/mol. The van der Waals surface area contributed by atoms with E-state index in [0.717, 1.165) is 16.8 Å². The van der Waals surface area contributed by atoms with Crippen LogP contribution >= 0.6 is 0 Å². The first-order valence-corrected chi connectivity index (χ1v) is 5.72. The maximum absolute atomic E-state index is 12.6. The summed E-state index contributed by atoms with van der Waals surface area (Å²) >= 11 is 0. The van der Waals surface area contributed by atoms with Gasteiger partial charge in [0.2, 0.25) is 0 Å². The molecule has 2 aromatic rings. The molecule has 2 rings (SSSR count). The second-order valence-electron chi connectivity index (χ2n) is 4.35. The number of aliphatic hydroxyl groups is 1. The molecule has 1 heterocycles. The number of hydrogen-bond acceptors (Lipinski definition) is 3. The first-order valence-electron chi connectivity index (χ1n) is 5.72. The van der Waals surface area contributed by atoms with Crippen molar-refractivity contribution in [2.24, 2.45) is 7.05 Å². The van der Waals surface area contributed by atoms with Gasteiger partial charge in [0.05, 0.1) is 18.2 Å². The summed E-state index contributed by atoms with van der Waals surface area (Å²) in [7, 11) is 1.49. The molecule has 0 spiro atoms. The minimum atomic E-state index is -4.47. The van der Waals surface area contributed by atoms with Crippen molar-refractivity contribution < 1.29 is 18.3 Å². The molecule has 8 heteroatoms. The topological polar surface area (TPSA) is 60.1 Å². The third-order valence-electron chi connectivity index (χ3n) is 2.83. The number of hydrogen-bond donors (Lipinski definition) is 1. The SMILES string of the molecule is Cn1cnn(CC(O)c2cccc(C(F)(F)F)c2)c1=O. The van der Waals surface area contributed by atoms with Crippen LogP contribution in [-0.4, -0.2) is 19.5 Å². The van der Waals surface area contributed by atoms with Crippen molar-refractivity contribution in [1.82, 2.24) is 14.3 Å². The van der Waals surface area contributed by atoms with E-state index in [1.807, 2.05) is 0 Å². The maximum atomic E-state index is 12.6. The van der Waals surface area contributed by atoms with E-state index < -0.39 is 23.5 Å². The van der Waals surface area contributed by atoms with Gasteiger partial charge in [-0.15, -0.1) is 0 Å². The zero-order valence-corrected chi connectivity index (χ0v) is 10.5. The number of rotatable bonds is 3. The molecule has 0 saturated carbocycles. The van der Waals surface area contributed by atoms with Crippen LogP contribution in [0.25, 0.3) is 0 Å². The Morgan fingerprint density at radius 3 is 2.65 bits per heavy atom. The van der Waals surface area contributed by atoms with Gasteiger partial charge in [0.25, 0.3) is 0 Å². The summed E-state index contributed by atoms with van der Waals surface area (Å²) in [6.07, 6.45) is -4.46. The maximum Gasteiger partial charge on any atom is 0.416 e. The molecule has 5 nitrogen and oxygen atoms in total. The molecule has 108 valence electrons. The summed E-state index contributed by atoms with van der Waals surface area (Å²) in [4.78, 5) is 11.5. The van der Waals surface area contributed by atoms with E-state index in [1.165, 1.54) is 30.1 Å². The molecule has 0 aliphatic carbocycles. The molecular formula is C12H12F3N3O2. The minimum absolute atomic E-state index is 0.0809. The van der Waals surface area contributed by atoms with Crippen molar-refractivity contribution in [2.75, 3.05) is 0 Å². The van der Waals surface area contributed by atoms with E-state index in [2.05, 4.69) is 5.10 Å². The lowest BCUT2D eigenvalue weighted by Gasteiger charge is -2.13. The molecule has 0 amide bonds. The van der Waals surface area contributed by atoms with Crippen molar-refractivity contribution in [2.45, 2.75) is 18.8 Å². The standard InChI is InChI=1S/C12H12F3N3O2/c1-17-7-16-18(11(17)20)6-10(19)8-3-2-4-9(5-8)12(13,14)15/h2-5,7,10,19H,6H2,1H3. The number of aliphatic hydroxyl groups excluding tert-OH is 1. The number of alkyl halides is 3. The van der Waals surface area contributed by atoms with Gasteiger partial charge in [-0.3, -0.25) is 4.57 Å². The van der Waals surface area contributed by atoms with Crippen molar-refractivity contribution >= 4 is 0 Å². The Morgan fingerprint density at radius 1 is 1.40 bits per heavy atom. The average Bonchev–Trinajstić information content (AvgIpc) is 2.70. The Bertz CT molecular complexity index is 660. The lowest BCUT2D eigenvalue weighted by atomic mass is 10.1. The van der Waals surface area contributed by atoms with Gasteiger partial charge in [0.1, 0.15) is 6.33 Å². The van der Waals surface area contributed by atoms with Gasteiger partial charge in [0.15, 0.2) is 0 Å². The highest BCUT2D eigenvalue weighted by Gasteiger charge is 2.30. The molecule has 1 aromatic carbocycles. The molecule has 1 unspecified atom stereocenters. The van der Waals surface area contributed by atoms with E-state index >= 15 is 0 Å². The third-order valence-corrected chi connectivity index (χ3v) is 2.83. The van der Waals surface area contributed by atoms with Crippen LogP contribution in [0.5, 0.6) is 0 Å². The largest absolute Gasteiger partial charge is 0.416 e. The molecule has 0 saturated heterocycles. The molecule has 1 aromatic heterocycles. The summed E-state index contributed by atoms with van der Waals surface area (Å²) < 4.78 is 39.9. The van der Waals surface area contributed by atoms with Crippen LogP contribution in [0, 0.1) is 0 Å². The molecule has 20 heavy (non-hydrogen) atoms. The van der Waals surface area contributed by atoms with Gasteiger partial charge in [-0.05, 0) is 17.7 Å². The number of halogens is 3. The molecule has 0 radical (unpaired) electrons. The van der Waals surface area contributed by atoms with E-state index in [1.54, 1.807) is 0 Å². The van der Waals surface area contributed by atoms with Crippen LogP contribution in [0.1, 0.15) is 17.2 Å². The predicted octanol–water partition coefficient (Wildman–Crippen LogP) is 1.33. The Hall–Kier alpha value is -2.09. The van der Waals surface area contributed by atoms with Crippen molar-refractivity contribution in [1.29, 1.82) is 0 Å². The minimum Gasteiger partial charge on any atom is -0.386 e. The van der Waals surface area contributed by atoms with Crippen LogP contribution in [0.3, 0.4) is 0 Å². The average molecular weight is 287 g/mol. The molecule has 0 bridgehead atoms. The van der Waals surface area contributed by atoms with Crippen molar-refractivity contribution in [3.63, 3.8) is 0 Å². The first kappa shape index (κ1) is 14.3. The number of aryl methyl sites for hydroxylation is 1. The van der Waals surface area contributed by atoms with Crippen LogP contribution in [0.4, 0.5) is 13.2 Å². The normalized spacial score (nSPS) is 13.4. The smallest absolute Gasteiger partial charge is 0.386 e. The van der Waals surface area contributed by atoms with Crippen LogP contribution in [0.2, 0.25) is 0 Å². The van der Waals surface area contributed by atoms with E-state index in [-0.39, 0.29) is 12.1 Å². The number of aromatic nitrogens is 3. The Morgan fingerprint density at radius 2 is 2.10 bits per heavy atom. The fourth-order valence-electron chi connectivity index (χ4n) is 1.74. The highest BCUT2D eigenvalue weighted by Crippen LogP contribution is 2.30. The van der Waals surface area contributed by atoms with Gasteiger partial charge in [-0.1, -0.05) is 12.1 Å². The molecule has 0 aliphatic heterocycles. The van der Waals surface area contributed by atoms with E-state index in [4.69, 9.17) is 0 Å². The Kier molecular flexibility index (Phi) is 3.67. The number of benzene rings is 1. The second kappa shape index (κ2) is 5.12. The monoisotopic (exact) mass is 287 g/mol. The quantitative estimate of drug-likeness (QED) is 0.926. The summed E-state index contributed by atoms with van der Waals surface area (Å²) in [6, 6.07) is 4.36. The highest BCUT2D eigenvalue weighted by molar-refractivity contribution is 5.27. The van der Waals surface area contributed by atoms with Gasteiger partial charge in [0, 0.05) is 7.05 Å². The lowest BCUT2D eigenvalue weighted by Crippen LogP contribution is -2.25. The summed E-state index contributed by atoms with van der Waals surface area (Å²) in [6.45, 7) is -0.207. The number of nitrogens with zero attached hydrogens (tertiary/aromatic N) is 3. The highest BCUT2D eigenvalue weighted by atomic mass is 19.4. The summed E-state index contributed by atoms with van der Waals surface area (Å²) in [5.74, 6) is 0. The second-order valence-corrected chi connectivity index (χ2v) is 4.35. The van der Waals surface area contributed by atoms with Gasteiger partial charge in [-0.2, -0.15) is 18.3 Å². The van der Waals surface area contributed by atoms with Crippen LogP contribution in [0.15, 0.2) is 35.4 Å². The third kappa shape index (κ3) is 2.90. The molecule has 0 aliphatic rings. The molecule has 1 N–H and O–H groups in total. The zero-order chi connectivity index (χ0) is 14.9. The summed E-state index contributed by atoms with van der Waals surface area (Å²) in [5, 5.41) is 13.7. The Balaban J connectivity index is 2.23. The van der Waals surface area contributed by atoms with Crippen LogP contribution < -0.4 is 5.69 Å². The lowest BCUT2D eigenvalue weighted by molar-refractivity contribution is -0.137. The fourth-order valence-corrected chi connectivity index (χ4v) is 1.74. The molecule has 1 atom stereocenters. The van der Waals surface area contributed by atoms with Gasteiger partial charge in [-0.25, -0.2) is 9.48 Å². The van der Waals surface area contributed by atoms with Crippen molar-refractivity contribution in [3.8, 4) is 0 Å². The molecule has 0 fully saturated rings. The predicted molar refractivity (Wildman–Crippen MR) is 63.9 cm³/mol. The summed E-state index contributed by atoms with van der Waals surface area (Å²) in [5.41, 5.74) is -1.21. The zero-order valence-electron chi connectivity index (χ0n) is 10.5. The van der Waals surface area contributed by atoms with E-state index in [0.29, 0.717) is 0 Å². The van der Waals surface area contributed by atoms with Crippen LogP contribution in [-0.2, 0) is 19.8 Å². The van der Waals surface area contributed by atoms with Crippen molar-refractivity contribution in [3.05, 3.63) is 52.2 Å². The fraction of sp³-hybridized carbons (Fsp3) is 0.333.